The van der Waals surface area contributed by atoms with Gasteiger partial charge in [-0.25, -0.2) is 0 Å². The highest BCUT2D eigenvalue weighted by molar-refractivity contribution is 6.30. The standard InChI is InChI=1S/C18H11ClN2O5/c19-9-4-6-10(7-5-9)21-18(25)16-13(8-14(23)24)26-12-3-1-2-11(22)15(12)17(16)20-21/h1-7,22H,8H2,(H,23,24). The number of hydrogen-bond donors (Lipinski definition) is 2. The lowest BCUT2D eigenvalue weighted by Crippen LogP contribution is -2.16. The number of carbonyl (C=O) groups is 1. The molecule has 2 aliphatic rings. The molecule has 2 aromatic carbocycles. The maximum atomic E-state index is 12.9. The number of hydrogen-bond acceptors (Lipinski definition) is 5. The number of nitrogens with zero attached hydrogens (tertiary/aromatic N) is 2. The van der Waals surface area contributed by atoms with Crippen LogP contribution in [0, 0.1) is 0 Å². The third-order valence-electron chi connectivity index (χ3n) is 3.98. The zero-order valence-corrected chi connectivity index (χ0v) is 13.9. The fourth-order valence-corrected chi connectivity index (χ4v) is 3.00. The second-order valence-corrected chi connectivity index (χ2v) is 6.10. The molecule has 2 heterocycles. The van der Waals surface area contributed by atoms with Crippen molar-refractivity contribution in [2.24, 2.45) is 0 Å². The van der Waals surface area contributed by atoms with Crippen LogP contribution in [0.2, 0.25) is 5.02 Å². The number of phenolic OH excluding ortho intramolecular Hbond substituents is 1. The highest BCUT2D eigenvalue weighted by Crippen LogP contribution is 2.36. The molecule has 2 aliphatic heterocycles. The molecule has 0 atom stereocenters. The van der Waals surface area contributed by atoms with Crippen molar-refractivity contribution in [2.45, 2.75) is 6.42 Å². The van der Waals surface area contributed by atoms with E-state index in [4.69, 9.17) is 21.1 Å². The molecule has 0 fully saturated rings. The van der Waals surface area contributed by atoms with Crippen molar-refractivity contribution >= 4 is 28.5 Å². The Morgan fingerprint density at radius 2 is 1.92 bits per heavy atom. The summed E-state index contributed by atoms with van der Waals surface area (Å²) in [5.41, 5.74) is 0.374. The van der Waals surface area contributed by atoms with Crippen molar-refractivity contribution < 1.29 is 19.4 Å². The fraction of sp³-hybridized carbons (Fsp3) is 0.0556. The summed E-state index contributed by atoms with van der Waals surface area (Å²) in [5, 5.41) is 24.4. The predicted octanol–water partition coefficient (Wildman–Crippen LogP) is 3.07. The van der Waals surface area contributed by atoms with Gasteiger partial charge < -0.3 is 14.6 Å². The van der Waals surface area contributed by atoms with Crippen LogP contribution in [0.1, 0.15) is 5.76 Å². The topological polar surface area (TPSA) is 106 Å². The van der Waals surface area contributed by atoms with E-state index in [1.807, 2.05) is 0 Å². The van der Waals surface area contributed by atoms with E-state index in [0.29, 0.717) is 10.7 Å². The molecule has 0 saturated heterocycles. The van der Waals surface area contributed by atoms with Gasteiger partial charge >= 0.3 is 5.97 Å². The third kappa shape index (κ3) is 2.49. The Bertz CT molecular complexity index is 1180. The second kappa shape index (κ2) is 5.89. The van der Waals surface area contributed by atoms with E-state index in [0.717, 1.165) is 4.68 Å². The number of rotatable bonds is 3. The molecule has 26 heavy (non-hydrogen) atoms. The number of fused-ring (bicyclic) bond motifs is 3. The van der Waals surface area contributed by atoms with Crippen molar-refractivity contribution in [1.82, 2.24) is 9.78 Å². The molecule has 7 nitrogen and oxygen atoms in total. The van der Waals surface area contributed by atoms with E-state index in [9.17, 15) is 14.7 Å². The van der Waals surface area contributed by atoms with E-state index in [-0.39, 0.29) is 33.7 Å². The first-order valence-corrected chi connectivity index (χ1v) is 7.97. The van der Waals surface area contributed by atoms with Crippen LogP contribution in [0.25, 0.3) is 27.9 Å². The van der Waals surface area contributed by atoms with Gasteiger partial charge in [0.25, 0.3) is 5.56 Å². The molecule has 0 radical (unpaired) electrons. The van der Waals surface area contributed by atoms with Crippen molar-refractivity contribution in [3.8, 4) is 22.7 Å². The van der Waals surface area contributed by atoms with E-state index >= 15 is 0 Å². The number of carboxylic acids is 1. The summed E-state index contributed by atoms with van der Waals surface area (Å²) < 4.78 is 6.73. The molecule has 0 amide bonds. The Labute approximate surface area is 151 Å². The highest BCUT2D eigenvalue weighted by Gasteiger charge is 2.27. The SMILES string of the molecule is O=C(O)Cc1oc2cccc(O)c2c2nn(-c3ccc(Cl)cc3)c(=O)c1-2. The number of carboxylic acid groups (broad SMARTS) is 1. The number of benzene rings is 2. The van der Waals surface area contributed by atoms with Crippen LogP contribution in [-0.4, -0.2) is 26.0 Å². The minimum absolute atomic E-state index is 0.0178. The summed E-state index contributed by atoms with van der Waals surface area (Å²) >= 11 is 5.88. The van der Waals surface area contributed by atoms with Gasteiger partial charge in [-0.15, -0.1) is 0 Å². The van der Waals surface area contributed by atoms with Gasteiger partial charge in [-0.2, -0.15) is 9.78 Å². The number of aromatic hydroxyl groups is 1. The molecule has 0 bridgehead atoms. The first-order valence-electron chi connectivity index (χ1n) is 7.60. The van der Waals surface area contributed by atoms with Crippen LogP contribution in [0.5, 0.6) is 5.75 Å². The molecule has 0 aliphatic carbocycles. The van der Waals surface area contributed by atoms with Crippen LogP contribution < -0.4 is 5.56 Å². The summed E-state index contributed by atoms with van der Waals surface area (Å²) in [5.74, 6) is -1.28. The molecule has 4 rings (SSSR count). The molecular formula is C18H11ClN2O5. The maximum Gasteiger partial charge on any atom is 0.311 e. The van der Waals surface area contributed by atoms with Crippen LogP contribution in [-0.2, 0) is 11.2 Å². The number of halogens is 1. The quantitative estimate of drug-likeness (QED) is 0.574. The van der Waals surface area contributed by atoms with Crippen LogP contribution >= 0.6 is 11.6 Å². The van der Waals surface area contributed by atoms with Crippen molar-refractivity contribution in [1.29, 1.82) is 0 Å². The summed E-state index contributed by atoms with van der Waals surface area (Å²) in [6.45, 7) is 0. The predicted molar refractivity (Wildman–Crippen MR) is 94.2 cm³/mol. The lowest BCUT2D eigenvalue weighted by atomic mass is 10.0. The molecule has 0 spiro atoms. The third-order valence-corrected chi connectivity index (χ3v) is 4.23. The number of aliphatic carboxylic acids is 1. The normalized spacial score (nSPS) is 11.3. The van der Waals surface area contributed by atoms with Gasteiger partial charge in [0, 0.05) is 5.02 Å². The van der Waals surface area contributed by atoms with E-state index in [1.165, 1.54) is 6.07 Å². The van der Waals surface area contributed by atoms with Crippen molar-refractivity contribution in [2.75, 3.05) is 0 Å². The van der Waals surface area contributed by atoms with Crippen LogP contribution in [0.15, 0.2) is 51.7 Å². The first-order chi connectivity index (χ1) is 12.5. The Morgan fingerprint density at radius 3 is 2.62 bits per heavy atom. The number of aromatic nitrogens is 2. The minimum atomic E-state index is -1.15. The molecule has 0 saturated carbocycles. The average molecular weight is 371 g/mol. The lowest BCUT2D eigenvalue weighted by molar-refractivity contribution is -0.136. The Morgan fingerprint density at radius 1 is 1.19 bits per heavy atom. The minimum Gasteiger partial charge on any atom is -0.507 e. The van der Waals surface area contributed by atoms with Gasteiger partial charge in [-0.1, -0.05) is 17.7 Å². The monoisotopic (exact) mass is 370 g/mol. The Hall–Kier alpha value is -3.32. The van der Waals surface area contributed by atoms with Gasteiger partial charge in [-0.05, 0) is 36.4 Å². The molecule has 0 aromatic heterocycles. The largest absolute Gasteiger partial charge is 0.507 e. The van der Waals surface area contributed by atoms with Crippen molar-refractivity contribution in [3.63, 3.8) is 0 Å². The summed E-state index contributed by atoms with van der Waals surface area (Å²) in [7, 11) is 0. The molecule has 130 valence electrons. The van der Waals surface area contributed by atoms with E-state index < -0.39 is 17.9 Å². The summed E-state index contributed by atoms with van der Waals surface area (Å²) in [6.07, 6.45) is -0.482. The van der Waals surface area contributed by atoms with Crippen molar-refractivity contribution in [3.05, 3.63) is 63.6 Å². The van der Waals surface area contributed by atoms with E-state index in [2.05, 4.69) is 5.10 Å². The highest BCUT2D eigenvalue weighted by atomic mass is 35.5. The average Bonchev–Trinajstić information content (AvgIpc) is 2.93. The van der Waals surface area contributed by atoms with Crippen LogP contribution in [0.3, 0.4) is 0 Å². The van der Waals surface area contributed by atoms with Gasteiger partial charge in [-0.3, -0.25) is 9.59 Å². The number of phenols is 1. The molecule has 0 unspecified atom stereocenters. The van der Waals surface area contributed by atoms with E-state index in [1.54, 1.807) is 36.4 Å². The maximum absolute atomic E-state index is 12.9. The molecular weight excluding hydrogens is 360 g/mol. The smallest absolute Gasteiger partial charge is 0.311 e. The second-order valence-electron chi connectivity index (χ2n) is 5.66. The Balaban J connectivity index is 2.11. The van der Waals surface area contributed by atoms with Crippen LogP contribution in [0.4, 0.5) is 0 Å². The molecule has 8 heteroatoms. The zero-order valence-electron chi connectivity index (χ0n) is 13.1. The zero-order chi connectivity index (χ0) is 18.4. The van der Waals surface area contributed by atoms with Gasteiger partial charge in [0.05, 0.1) is 11.1 Å². The van der Waals surface area contributed by atoms with Gasteiger partial charge in [0.2, 0.25) is 0 Å². The van der Waals surface area contributed by atoms with Gasteiger partial charge in [0.1, 0.15) is 34.8 Å². The van der Waals surface area contributed by atoms with Gasteiger partial charge in [0.15, 0.2) is 0 Å². The lowest BCUT2D eigenvalue weighted by Gasteiger charge is -2.08. The summed E-state index contributed by atoms with van der Waals surface area (Å²) in [4.78, 5) is 24.1. The fourth-order valence-electron chi connectivity index (χ4n) is 2.87. The molecule has 2 aromatic rings. The Kier molecular flexibility index (Phi) is 3.66. The first kappa shape index (κ1) is 16.2. The summed E-state index contributed by atoms with van der Waals surface area (Å²) in [6, 6.07) is 11.0. The molecule has 2 N–H and O–H groups in total.